The lowest BCUT2D eigenvalue weighted by Gasteiger charge is -2.32. The van der Waals surface area contributed by atoms with Crippen molar-refractivity contribution in [3.8, 4) is 0 Å². The fourth-order valence-electron chi connectivity index (χ4n) is 3.22. The molecule has 3 rings (SSSR count). The van der Waals surface area contributed by atoms with E-state index in [1.165, 1.54) is 12.1 Å². The topological polar surface area (TPSA) is 49.4 Å². The number of hydrogen-bond acceptors (Lipinski definition) is 2. The van der Waals surface area contributed by atoms with Crippen LogP contribution in [0.3, 0.4) is 0 Å². The first-order chi connectivity index (χ1) is 13.3. The zero-order chi connectivity index (χ0) is 20.3. The summed E-state index contributed by atoms with van der Waals surface area (Å²) in [5.41, 5.74) is -0.950. The number of rotatable bonds is 3. The quantitative estimate of drug-likeness (QED) is 0.815. The van der Waals surface area contributed by atoms with Gasteiger partial charge in [-0.1, -0.05) is 35.9 Å². The number of hydrogen-bond donors (Lipinski definition) is 1. The lowest BCUT2D eigenvalue weighted by Crippen LogP contribution is -2.46. The van der Waals surface area contributed by atoms with E-state index < -0.39 is 23.2 Å². The molecule has 1 saturated heterocycles. The molecule has 8 heteroatoms. The zero-order valence-electron chi connectivity index (χ0n) is 14.8. The predicted molar refractivity (Wildman–Crippen MR) is 99.3 cm³/mol. The van der Waals surface area contributed by atoms with Crippen LogP contribution in [0.2, 0.25) is 5.02 Å². The van der Waals surface area contributed by atoms with E-state index in [-0.39, 0.29) is 11.9 Å². The van der Waals surface area contributed by atoms with Gasteiger partial charge in [-0.2, -0.15) is 13.2 Å². The number of carbonyl (C=O) groups excluding carboxylic acids is 2. The Hall–Kier alpha value is -2.54. The third-order valence-corrected chi connectivity index (χ3v) is 5.03. The first kappa shape index (κ1) is 20.2. The predicted octanol–water partition coefficient (Wildman–Crippen LogP) is 4.39. The minimum absolute atomic E-state index is 0.196. The summed E-state index contributed by atoms with van der Waals surface area (Å²) >= 11 is 6.06. The Morgan fingerprint density at radius 1 is 0.964 bits per heavy atom. The van der Waals surface area contributed by atoms with E-state index in [2.05, 4.69) is 5.32 Å². The number of nitrogens with one attached hydrogen (secondary N) is 1. The van der Waals surface area contributed by atoms with Crippen LogP contribution in [0.1, 0.15) is 39.1 Å². The summed E-state index contributed by atoms with van der Waals surface area (Å²) in [7, 11) is 0. The normalized spacial score (nSPS) is 15.4. The Bertz CT molecular complexity index is 878. The Morgan fingerprint density at radius 2 is 1.54 bits per heavy atom. The van der Waals surface area contributed by atoms with Gasteiger partial charge in [0, 0.05) is 19.1 Å². The molecule has 0 radical (unpaired) electrons. The average molecular weight is 411 g/mol. The van der Waals surface area contributed by atoms with Crippen molar-refractivity contribution in [1.82, 2.24) is 10.2 Å². The highest BCUT2D eigenvalue weighted by Crippen LogP contribution is 2.32. The van der Waals surface area contributed by atoms with Crippen LogP contribution in [0, 0.1) is 0 Å². The van der Waals surface area contributed by atoms with Crippen molar-refractivity contribution < 1.29 is 22.8 Å². The molecule has 4 nitrogen and oxygen atoms in total. The Morgan fingerprint density at radius 3 is 2.14 bits per heavy atom. The highest BCUT2D eigenvalue weighted by atomic mass is 35.5. The molecular formula is C20H18ClF3N2O2. The summed E-state index contributed by atoms with van der Waals surface area (Å²) < 4.78 is 39.3. The summed E-state index contributed by atoms with van der Waals surface area (Å²) in [4.78, 5) is 26.5. The van der Waals surface area contributed by atoms with Crippen molar-refractivity contribution in [2.75, 3.05) is 13.1 Å². The van der Waals surface area contributed by atoms with Gasteiger partial charge in [0.2, 0.25) is 0 Å². The van der Waals surface area contributed by atoms with E-state index >= 15 is 0 Å². The van der Waals surface area contributed by atoms with E-state index in [9.17, 15) is 22.8 Å². The molecule has 0 aliphatic carbocycles. The minimum Gasteiger partial charge on any atom is -0.349 e. The van der Waals surface area contributed by atoms with Gasteiger partial charge >= 0.3 is 6.18 Å². The minimum atomic E-state index is -4.60. The first-order valence-corrected chi connectivity index (χ1v) is 9.16. The molecule has 0 aromatic heterocycles. The van der Waals surface area contributed by atoms with Crippen LogP contribution in [0.15, 0.2) is 48.5 Å². The molecule has 2 aromatic carbocycles. The molecule has 2 amide bonds. The monoisotopic (exact) mass is 410 g/mol. The summed E-state index contributed by atoms with van der Waals surface area (Å²) in [6.45, 7) is 0.770. The van der Waals surface area contributed by atoms with Crippen LogP contribution in [0.5, 0.6) is 0 Å². The number of benzene rings is 2. The maximum Gasteiger partial charge on any atom is 0.417 e. The largest absolute Gasteiger partial charge is 0.417 e. The SMILES string of the molecule is O=C(NC1CCN(C(=O)c2ccccc2Cl)CC1)c1ccccc1C(F)(F)F. The van der Waals surface area contributed by atoms with Gasteiger partial charge in [-0.15, -0.1) is 0 Å². The molecule has 0 bridgehead atoms. The van der Waals surface area contributed by atoms with Gasteiger partial charge < -0.3 is 10.2 Å². The fraction of sp³-hybridized carbons (Fsp3) is 0.300. The second-order valence-corrected chi connectivity index (χ2v) is 6.97. The van der Waals surface area contributed by atoms with Gasteiger partial charge in [0.05, 0.1) is 21.7 Å². The number of likely N-dealkylation sites (tertiary alicyclic amines) is 1. The molecule has 1 fully saturated rings. The lowest BCUT2D eigenvalue weighted by atomic mass is 10.0. The smallest absolute Gasteiger partial charge is 0.349 e. The van der Waals surface area contributed by atoms with Crippen molar-refractivity contribution in [2.24, 2.45) is 0 Å². The Kier molecular flexibility index (Phi) is 5.93. The van der Waals surface area contributed by atoms with E-state index in [1.54, 1.807) is 29.2 Å². The molecule has 1 aliphatic rings. The summed E-state index contributed by atoms with van der Waals surface area (Å²) in [5, 5.41) is 3.02. The van der Waals surface area contributed by atoms with E-state index in [0.717, 1.165) is 12.1 Å². The van der Waals surface area contributed by atoms with Crippen molar-refractivity contribution in [3.05, 3.63) is 70.2 Å². The maximum absolute atomic E-state index is 13.1. The van der Waals surface area contributed by atoms with Crippen LogP contribution in [0.25, 0.3) is 0 Å². The number of piperidine rings is 1. The van der Waals surface area contributed by atoms with E-state index in [4.69, 9.17) is 11.6 Å². The summed E-state index contributed by atoms with van der Waals surface area (Å²) in [6, 6.07) is 11.1. The molecular weight excluding hydrogens is 393 g/mol. The highest BCUT2D eigenvalue weighted by molar-refractivity contribution is 6.33. The number of amides is 2. The van der Waals surface area contributed by atoms with Gasteiger partial charge in [0.25, 0.3) is 11.8 Å². The van der Waals surface area contributed by atoms with Crippen molar-refractivity contribution in [3.63, 3.8) is 0 Å². The Balaban J connectivity index is 1.62. The van der Waals surface area contributed by atoms with Gasteiger partial charge in [0.1, 0.15) is 0 Å². The van der Waals surface area contributed by atoms with Crippen molar-refractivity contribution >= 4 is 23.4 Å². The molecule has 1 aliphatic heterocycles. The zero-order valence-corrected chi connectivity index (χ0v) is 15.6. The molecule has 1 N–H and O–H groups in total. The van der Waals surface area contributed by atoms with Gasteiger partial charge in [-0.3, -0.25) is 9.59 Å². The fourth-order valence-corrected chi connectivity index (χ4v) is 3.44. The van der Waals surface area contributed by atoms with Crippen molar-refractivity contribution in [1.29, 1.82) is 0 Å². The molecule has 28 heavy (non-hydrogen) atoms. The molecule has 0 spiro atoms. The molecule has 2 aromatic rings. The second-order valence-electron chi connectivity index (χ2n) is 6.56. The van der Waals surface area contributed by atoms with Crippen LogP contribution in [-0.2, 0) is 6.18 Å². The van der Waals surface area contributed by atoms with E-state index in [0.29, 0.717) is 36.5 Å². The van der Waals surface area contributed by atoms with Gasteiger partial charge in [-0.05, 0) is 37.1 Å². The summed E-state index contributed by atoms with van der Waals surface area (Å²) in [5.74, 6) is -0.957. The number of carbonyl (C=O) groups is 2. The van der Waals surface area contributed by atoms with E-state index in [1.807, 2.05) is 0 Å². The highest BCUT2D eigenvalue weighted by Gasteiger charge is 2.35. The third kappa shape index (κ3) is 4.47. The van der Waals surface area contributed by atoms with Gasteiger partial charge in [-0.25, -0.2) is 0 Å². The lowest BCUT2D eigenvalue weighted by molar-refractivity contribution is -0.137. The third-order valence-electron chi connectivity index (χ3n) is 4.70. The second kappa shape index (κ2) is 8.22. The molecule has 1 heterocycles. The molecule has 0 saturated carbocycles. The Labute approximate surface area is 165 Å². The number of nitrogens with zero attached hydrogens (tertiary/aromatic N) is 1. The summed E-state index contributed by atoms with van der Waals surface area (Å²) in [6.07, 6.45) is -3.69. The van der Waals surface area contributed by atoms with Crippen LogP contribution in [0.4, 0.5) is 13.2 Å². The first-order valence-electron chi connectivity index (χ1n) is 8.78. The van der Waals surface area contributed by atoms with Crippen molar-refractivity contribution in [2.45, 2.75) is 25.1 Å². The number of halogens is 4. The maximum atomic E-state index is 13.1. The molecule has 0 atom stereocenters. The van der Waals surface area contributed by atoms with Gasteiger partial charge in [0.15, 0.2) is 0 Å². The van der Waals surface area contributed by atoms with Crippen LogP contribution < -0.4 is 5.32 Å². The standard InChI is InChI=1S/C20H18ClF3N2O2/c21-17-8-4-2-6-15(17)19(28)26-11-9-13(10-12-26)25-18(27)14-5-1-3-7-16(14)20(22,23)24/h1-8,13H,9-12H2,(H,25,27). The van der Waals surface area contributed by atoms with Crippen LogP contribution in [-0.4, -0.2) is 35.8 Å². The molecule has 148 valence electrons. The molecule has 0 unspecified atom stereocenters. The average Bonchev–Trinajstić information content (AvgIpc) is 2.68. The van der Waals surface area contributed by atoms with Crippen LogP contribution >= 0.6 is 11.6 Å². The number of alkyl halides is 3.